The average molecular weight is 343 g/mol. The highest BCUT2D eigenvalue weighted by Crippen LogP contribution is 2.21. The number of nitrogen functional groups attached to an aromatic ring is 1. The van der Waals surface area contributed by atoms with Crippen molar-refractivity contribution in [1.29, 1.82) is 0 Å². The maximum absolute atomic E-state index is 12.9. The molecule has 1 amide bonds. The maximum atomic E-state index is 12.9. The molecule has 0 radical (unpaired) electrons. The van der Waals surface area contributed by atoms with Gasteiger partial charge < -0.3 is 11.1 Å². The number of amides is 1. The number of nitrogens with two attached hydrogens (primary N) is 1. The van der Waals surface area contributed by atoms with Gasteiger partial charge in [0.15, 0.2) is 11.5 Å². The van der Waals surface area contributed by atoms with Gasteiger partial charge in [0.1, 0.15) is 5.82 Å². The Morgan fingerprint density at radius 1 is 1.25 bits per heavy atom. The Morgan fingerprint density at radius 3 is 2.71 bits per heavy atom. The number of anilines is 2. The topological polar surface area (TPSA) is 85.8 Å². The van der Waals surface area contributed by atoms with Gasteiger partial charge in [-0.05, 0) is 48.7 Å². The highest BCUT2D eigenvalue weighted by atomic mass is 32.2. The molecule has 0 saturated heterocycles. The van der Waals surface area contributed by atoms with E-state index >= 15 is 0 Å². The van der Waals surface area contributed by atoms with Crippen molar-refractivity contribution in [2.45, 2.75) is 4.90 Å². The van der Waals surface area contributed by atoms with Crippen LogP contribution in [0.25, 0.3) is 5.69 Å². The Labute approximate surface area is 141 Å². The summed E-state index contributed by atoms with van der Waals surface area (Å²) in [6.45, 7) is 0. The molecule has 1 heterocycles. The van der Waals surface area contributed by atoms with E-state index < -0.39 is 5.91 Å². The number of nitrogens with zero attached hydrogens (tertiary/aromatic N) is 3. The van der Waals surface area contributed by atoms with Crippen LogP contribution in [0.1, 0.15) is 10.5 Å². The third kappa shape index (κ3) is 3.23. The fraction of sp³-hybridized carbons (Fsp3) is 0.0625. The van der Waals surface area contributed by atoms with Crippen LogP contribution in [-0.4, -0.2) is 27.2 Å². The molecular weight excluding hydrogens is 329 g/mol. The highest BCUT2D eigenvalue weighted by Gasteiger charge is 2.18. The quantitative estimate of drug-likeness (QED) is 0.711. The van der Waals surface area contributed by atoms with Gasteiger partial charge in [-0.1, -0.05) is 11.3 Å². The number of halogens is 1. The van der Waals surface area contributed by atoms with Crippen molar-refractivity contribution < 1.29 is 9.18 Å². The van der Waals surface area contributed by atoms with E-state index in [9.17, 15) is 9.18 Å². The Balaban J connectivity index is 1.86. The molecule has 0 saturated carbocycles. The van der Waals surface area contributed by atoms with Gasteiger partial charge >= 0.3 is 0 Å². The number of thioether (sulfide) groups is 1. The number of rotatable bonds is 4. The molecule has 2 aromatic carbocycles. The van der Waals surface area contributed by atoms with Crippen LogP contribution in [0.5, 0.6) is 0 Å². The second-order valence-electron chi connectivity index (χ2n) is 4.90. The molecule has 6 nitrogen and oxygen atoms in total. The number of carbonyl (C=O) groups is 1. The number of nitrogens with one attached hydrogen (secondary N) is 1. The van der Waals surface area contributed by atoms with E-state index in [4.69, 9.17) is 5.73 Å². The summed E-state index contributed by atoms with van der Waals surface area (Å²) in [7, 11) is 0. The summed E-state index contributed by atoms with van der Waals surface area (Å²) >= 11 is 1.59. The summed E-state index contributed by atoms with van der Waals surface area (Å²) in [5.74, 6) is -0.758. The lowest BCUT2D eigenvalue weighted by Gasteiger charge is -2.06. The molecule has 0 fully saturated rings. The van der Waals surface area contributed by atoms with E-state index in [0.29, 0.717) is 11.4 Å². The first-order valence-corrected chi connectivity index (χ1v) is 8.23. The first-order valence-electron chi connectivity index (χ1n) is 7.01. The van der Waals surface area contributed by atoms with Crippen LogP contribution in [0.2, 0.25) is 0 Å². The van der Waals surface area contributed by atoms with Gasteiger partial charge in [0.25, 0.3) is 5.91 Å². The van der Waals surface area contributed by atoms with Crippen LogP contribution in [0, 0.1) is 5.82 Å². The highest BCUT2D eigenvalue weighted by molar-refractivity contribution is 7.98. The van der Waals surface area contributed by atoms with Crippen LogP contribution in [0.15, 0.2) is 53.4 Å². The minimum absolute atomic E-state index is 0.00822. The molecular formula is C16H14FN5OS. The van der Waals surface area contributed by atoms with Crippen molar-refractivity contribution in [1.82, 2.24) is 15.0 Å². The summed E-state index contributed by atoms with van der Waals surface area (Å²) in [4.78, 5) is 13.3. The van der Waals surface area contributed by atoms with Gasteiger partial charge in [0, 0.05) is 10.6 Å². The Morgan fingerprint density at radius 2 is 2.00 bits per heavy atom. The van der Waals surface area contributed by atoms with Gasteiger partial charge in [0.05, 0.1) is 5.69 Å². The molecule has 0 unspecified atom stereocenters. The molecule has 122 valence electrons. The molecule has 8 heteroatoms. The van der Waals surface area contributed by atoms with Gasteiger partial charge in [-0.2, -0.15) is 4.68 Å². The number of hydrogen-bond donors (Lipinski definition) is 2. The largest absolute Gasteiger partial charge is 0.382 e. The standard InChI is InChI=1S/C16H14FN5OS/c1-24-13-4-2-3-12(9-13)22-15(18)14(20-21-22)16(23)19-11-7-5-10(17)6-8-11/h2-9H,18H2,1H3,(H,19,23). The first kappa shape index (κ1) is 16.0. The van der Waals surface area contributed by atoms with Crippen molar-refractivity contribution in [3.63, 3.8) is 0 Å². The van der Waals surface area contributed by atoms with Gasteiger partial charge in [-0.15, -0.1) is 16.9 Å². The van der Waals surface area contributed by atoms with E-state index in [-0.39, 0.29) is 17.3 Å². The molecule has 0 atom stereocenters. The Kier molecular flexibility index (Phi) is 4.48. The summed E-state index contributed by atoms with van der Waals surface area (Å²) in [5, 5.41) is 10.4. The van der Waals surface area contributed by atoms with Gasteiger partial charge in [0.2, 0.25) is 0 Å². The second-order valence-corrected chi connectivity index (χ2v) is 5.78. The lowest BCUT2D eigenvalue weighted by molar-refractivity contribution is 0.102. The Bertz CT molecular complexity index is 878. The summed E-state index contributed by atoms with van der Waals surface area (Å²) in [6, 6.07) is 13.0. The van der Waals surface area contributed by atoms with Crippen LogP contribution >= 0.6 is 11.8 Å². The summed E-state index contributed by atoms with van der Waals surface area (Å²) in [6.07, 6.45) is 1.96. The Hall–Kier alpha value is -2.87. The van der Waals surface area contributed by atoms with Crippen LogP contribution < -0.4 is 11.1 Å². The molecule has 0 bridgehead atoms. The lowest BCUT2D eigenvalue weighted by Crippen LogP contribution is -2.15. The maximum Gasteiger partial charge on any atom is 0.280 e. The molecule has 1 aromatic heterocycles. The summed E-state index contributed by atoms with van der Waals surface area (Å²) in [5.41, 5.74) is 7.18. The van der Waals surface area contributed by atoms with Crippen molar-refractivity contribution in [2.75, 3.05) is 17.3 Å². The van der Waals surface area contributed by atoms with Crippen molar-refractivity contribution in [3.8, 4) is 5.69 Å². The zero-order chi connectivity index (χ0) is 17.1. The molecule has 3 N–H and O–H groups in total. The minimum Gasteiger partial charge on any atom is -0.382 e. The van der Waals surface area contributed by atoms with Crippen LogP contribution in [0.4, 0.5) is 15.9 Å². The zero-order valence-electron chi connectivity index (χ0n) is 12.7. The van der Waals surface area contributed by atoms with Crippen LogP contribution in [0.3, 0.4) is 0 Å². The third-order valence-electron chi connectivity index (χ3n) is 3.32. The van der Waals surface area contributed by atoms with Crippen molar-refractivity contribution >= 4 is 29.2 Å². The fourth-order valence-corrected chi connectivity index (χ4v) is 2.56. The van der Waals surface area contributed by atoms with E-state index in [0.717, 1.165) is 4.90 Å². The smallest absolute Gasteiger partial charge is 0.280 e. The number of benzene rings is 2. The second kappa shape index (κ2) is 6.71. The molecule has 0 aliphatic heterocycles. The predicted octanol–water partition coefficient (Wildman–Crippen LogP) is 2.96. The van der Waals surface area contributed by atoms with E-state index in [1.165, 1.54) is 28.9 Å². The monoisotopic (exact) mass is 343 g/mol. The van der Waals surface area contributed by atoms with Crippen molar-refractivity contribution in [3.05, 3.63) is 60.0 Å². The summed E-state index contributed by atoms with van der Waals surface area (Å²) < 4.78 is 14.3. The minimum atomic E-state index is -0.508. The third-order valence-corrected chi connectivity index (χ3v) is 4.05. The van der Waals surface area contributed by atoms with Crippen molar-refractivity contribution in [2.24, 2.45) is 0 Å². The average Bonchev–Trinajstić information content (AvgIpc) is 2.98. The normalized spacial score (nSPS) is 10.6. The van der Waals surface area contributed by atoms with E-state index in [2.05, 4.69) is 15.6 Å². The van der Waals surface area contributed by atoms with E-state index in [1.807, 2.05) is 30.5 Å². The van der Waals surface area contributed by atoms with Gasteiger partial charge in [-0.3, -0.25) is 4.79 Å². The van der Waals surface area contributed by atoms with Gasteiger partial charge in [-0.25, -0.2) is 4.39 Å². The molecule has 0 aliphatic carbocycles. The molecule has 0 aliphatic rings. The molecule has 0 spiro atoms. The SMILES string of the molecule is CSc1cccc(-n2nnc(C(=O)Nc3ccc(F)cc3)c2N)c1. The number of carbonyl (C=O) groups excluding carboxylic acids is 1. The predicted molar refractivity (Wildman–Crippen MR) is 91.9 cm³/mol. The number of hydrogen-bond acceptors (Lipinski definition) is 5. The van der Waals surface area contributed by atoms with E-state index in [1.54, 1.807) is 11.8 Å². The fourth-order valence-electron chi connectivity index (χ4n) is 2.11. The zero-order valence-corrected chi connectivity index (χ0v) is 13.5. The number of aromatic nitrogens is 3. The molecule has 3 aromatic rings. The molecule has 24 heavy (non-hydrogen) atoms. The van der Waals surface area contributed by atoms with Crippen LogP contribution in [-0.2, 0) is 0 Å². The molecule has 3 rings (SSSR count). The first-order chi connectivity index (χ1) is 11.6. The lowest BCUT2D eigenvalue weighted by atomic mass is 10.3.